The van der Waals surface area contributed by atoms with Gasteiger partial charge in [-0.15, -0.1) is 0 Å². The van der Waals surface area contributed by atoms with Crippen molar-refractivity contribution in [1.29, 1.82) is 0 Å². The molecule has 2 aliphatic rings. The number of anilines is 1. The van der Waals surface area contributed by atoms with Gasteiger partial charge in [0.25, 0.3) is 5.91 Å². The number of halogens is 4. The van der Waals surface area contributed by atoms with Crippen LogP contribution >= 0.6 is 11.6 Å². The van der Waals surface area contributed by atoms with Gasteiger partial charge in [0, 0.05) is 29.8 Å². The van der Waals surface area contributed by atoms with Crippen LogP contribution < -0.4 is 10.6 Å². The van der Waals surface area contributed by atoms with Crippen LogP contribution in [0.3, 0.4) is 0 Å². The van der Waals surface area contributed by atoms with Crippen molar-refractivity contribution < 1.29 is 45.8 Å². The van der Waals surface area contributed by atoms with Crippen molar-refractivity contribution in [3.63, 3.8) is 0 Å². The summed E-state index contributed by atoms with van der Waals surface area (Å²) in [5, 5.41) is 15.3. The van der Waals surface area contributed by atoms with Gasteiger partial charge in [-0.25, -0.2) is 26.4 Å². The molecule has 2 aromatic rings. The lowest BCUT2D eigenvalue weighted by Crippen LogP contribution is -2.49. The fourth-order valence-corrected chi connectivity index (χ4v) is 8.65. The Kier molecular flexibility index (Phi) is 9.96. The van der Waals surface area contributed by atoms with Gasteiger partial charge in [-0.2, -0.15) is 0 Å². The molecule has 2 aromatic carbocycles. The molecule has 14 heteroatoms. The van der Waals surface area contributed by atoms with Crippen LogP contribution in [0.15, 0.2) is 35.2 Å². The molecule has 0 aromatic heterocycles. The summed E-state index contributed by atoms with van der Waals surface area (Å²) < 4.78 is 73.3. The van der Waals surface area contributed by atoms with Gasteiger partial charge in [-0.05, 0) is 89.8 Å². The number of sulfone groups is 1. The maximum Gasteiger partial charge on any atom is 0.408 e. The van der Waals surface area contributed by atoms with Crippen LogP contribution in [0, 0.1) is 29.3 Å². The molecule has 2 amide bonds. The van der Waals surface area contributed by atoms with Crippen molar-refractivity contribution in [2.45, 2.75) is 93.6 Å². The molecule has 3 unspecified atom stereocenters. The first-order valence-electron chi connectivity index (χ1n) is 14.6. The zero-order valence-electron chi connectivity index (χ0n) is 25.3. The lowest BCUT2D eigenvalue weighted by atomic mass is 9.71. The molecule has 2 saturated carbocycles. The van der Waals surface area contributed by atoms with E-state index in [2.05, 4.69) is 10.6 Å². The topological polar surface area (TPSA) is 139 Å². The second-order valence-electron chi connectivity index (χ2n) is 12.8. The number of fused-ring (bicyclic) bond motifs is 2. The van der Waals surface area contributed by atoms with Gasteiger partial charge in [0.05, 0.1) is 26.8 Å². The third kappa shape index (κ3) is 7.63. The summed E-state index contributed by atoms with van der Waals surface area (Å²) in [6, 6.07) is 3.88. The van der Waals surface area contributed by atoms with E-state index in [1.165, 1.54) is 19.1 Å². The van der Waals surface area contributed by atoms with E-state index in [-0.39, 0.29) is 52.6 Å². The van der Waals surface area contributed by atoms with E-state index in [0.717, 1.165) is 6.07 Å². The summed E-state index contributed by atoms with van der Waals surface area (Å²) in [5.41, 5.74) is -2.53. The number of amides is 2. The monoisotopic (exact) mass is 672 g/mol. The molecule has 5 atom stereocenters. The van der Waals surface area contributed by atoms with E-state index in [1.807, 2.05) is 0 Å². The number of rotatable bonds is 9. The molecule has 0 heterocycles. The lowest BCUT2D eigenvalue weighted by molar-refractivity contribution is -0.124. The highest BCUT2D eigenvalue weighted by atomic mass is 35.5. The molecule has 3 N–H and O–H groups in total. The molecule has 0 radical (unpaired) electrons. The molecular formula is C31H36ClF3N2O7S. The smallest absolute Gasteiger partial charge is 0.408 e. The van der Waals surface area contributed by atoms with Crippen molar-refractivity contribution in [3.05, 3.63) is 58.4 Å². The van der Waals surface area contributed by atoms with Crippen molar-refractivity contribution in [2.24, 2.45) is 11.8 Å². The fourth-order valence-electron chi connectivity index (χ4n) is 6.25. The number of ether oxygens (including phenoxy) is 1. The Hall–Kier alpha value is -3.16. The van der Waals surface area contributed by atoms with Crippen molar-refractivity contribution in [2.75, 3.05) is 5.32 Å². The molecule has 2 fully saturated rings. The van der Waals surface area contributed by atoms with Gasteiger partial charge in [0.15, 0.2) is 33.1 Å². The first-order valence-corrected chi connectivity index (χ1v) is 16.5. The van der Waals surface area contributed by atoms with Crippen LogP contribution in [-0.2, 0) is 19.4 Å². The summed E-state index contributed by atoms with van der Waals surface area (Å²) in [6.07, 6.45) is 0.693. The van der Waals surface area contributed by atoms with E-state index in [9.17, 15) is 41.1 Å². The maximum absolute atomic E-state index is 13.8. The molecule has 2 bridgehead atoms. The SMILES string of the molecule is C[C@H](NC(=O)OC(C)(C)C)C(=O)CCC1(O)C2CC[C@H]1CC(S(=O)(=O)c1cc(C(=O)Nc3cc(F)c(F)c(F)c3)ccc1Cl)C2. The zero-order chi connectivity index (χ0) is 33.5. The fraction of sp³-hybridized carbons (Fsp3) is 0.516. The minimum absolute atomic E-state index is 0.0251. The first kappa shape index (κ1) is 34.7. The molecule has 4 rings (SSSR count). The largest absolute Gasteiger partial charge is 0.444 e. The molecular weight excluding hydrogens is 637 g/mol. The molecule has 2 aliphatic carbocycles. The molecule has 0 spiro atoms. The second-order valence-corrected chi connectivity index (χ2v) is 15.4. The van der Waals surface area contributed by atoms with Crippen molar-refractivity contribution in [1.82, 2.24) is 5.32 Å². The number of benzene rings is 2. The Balaban J connectivity index is 1.44. The average Bonchev–Trinajstić information content (AvgIpc) is 3.08. The number of alkyl carbamates (subject to hydrolysis) is 1. The number of aliphatic hydroxyl groups is 1. The van der Waals surface area contributed by atoms with Gasteiger partial charge in [0.2, 0.25) is 0 Å². The Morgan fingerprint density at radius 1 is 1.07 bits per heavy atom. The van der Waals surface area contributed by atoms with Gasteiger partial charge >= 0.3 is 6.09 Å². The Labute approximate surface area is 264 Å². The normalized spacial score (nSPS) is 23.7. The molecule has 0 saturated heterocycles. The number of carbonyl (C=O) groups excluding carboxylic acids is 3. The third-order valence-corrected chi connectivity index (χ3v) is 11.2. The van der Waals surface area contributed by atoms with Crippen LogP contribution in [0.4, 0.5) is 23.7 Å². The van der Waals surface area contributed by atoms with Gasteiger partial charge in [-0.1, -0.05) is 11.6 Å². The highest BCUT2D eigenvalue weighted by Crippen LogP contribution is 2.54. The standard InChI is InChI=1S/C31H36ClF3N2O7S/c1-16(36-29(40)44-30(2,3)4)25(38)9-10-31(41)18-6-7-19(31)13-21(12-18)45(42,43)26-11-17(5-8-22(26)32)28(39)37-20-14-23(33)27(35)24(34)15-20/h5,8,11,14-16,18-19,21,41H,6-7,9-10,12-13H2,1-4H3,(H,36,40)(H,37,39)/t16-,18-,19?,21?,31?/m0/s1. The summed E-state index contributed by atoms with van der Waals surface area (Å²) in [7, 11) is -4.11. The molecule has 0 aliphatic heterocycles. The molecule has 9 nitrogen and oxygen atoms in total. The van der Waals surface area contributed by atoms with Crippen LogP contribution in [0.1, 0.15) is 76.6 Å². The maximum atomic E-state index is 13.8. The van der Waals surface area contributed by atoms with E-state index < -0.39 is 73.6 Å². The van der Waals surface area contributed by atoms with Crippen LogP contribution in [0.25, 0.3) is 0 Å². The summed E-state index contributed by atoms with van der Waals surface area (Å²) in [6.45, 7) is 6.63. The highest BCUT2D eigenvalue weighted by Gasteiger charge is 2.55. The average molecular weight is 673 g/mol. The Morgan fingerprint density at radius 3 is 2.20 bits per heavy atom. The van der Waals surface area contributed by atoms with Crippen LogP contribution in [0.2, 0.25) is 5.02 Å². The quantitative estimate of drug-likeness (QED) is 0.279. The van der Waals surface area contributed by atoms with Crippen LogP contribution in [0.5, 0.6) is 0 Å². The van der Waals surface area contributed by atoms with E-state index in [4.69, 9.17) is 16.3 Å². The minimum atomic E-state index is -4.11. The van der Waals surface area contributed by atoms with Crippen molar-refractivity contribution >= 4 is 44.9 Å². The lowest BCUT2D eigenvalue weighted by Gasteiger charge is -2.42. The molecule has 45 heavy (non-hydrogen) atoms. The Bertz CT molecular complexity index is 1580. The first-order chi connectivity index (χ1) is 20.8. The van der Waals surface area contributed by atoms with E-state index in [0.29, 0.717) is 25.0 Å². The predicted molar refractivity (Wildman–Crippen MR) is 160 cm³/mol. The number of nitrogens with one attached hydrogen (secondary N) is 2. The number of hydrogen-bond donors (Lipinski definition) is 3. The Morgan fingerprint density at radius 2 is 1.64 bits per heavy atom. The highest BCUT2D eigenvalue weighted by molar-refractivity contribution is 7.92. The molecule has 246 valence electrons. The summed E-state index contributed by atoms with van der Waals surface area (Å²) in [4.78, 5) is 37.3. The number of carbonyl (C=O) groups is 3. The number of ketones is 1. The summed E-state index contributed by atoms with van der Waals surface area (Å²) >= 11 is 6.28. The van der Waals surface area contributed by atoms with Crippen LogP contribution in [-0.4, -0.2) is 53.8 Å². The third-order valence-electron chi connectivity index (χ3n) is 8.54. The van der Waals surface area contributed by atoms with E-state index in [1.54, 1.807) is 20.8 Å². The van der Waals surface area contributed by atoms with Crippen molar-refractivity contribution in [3.8, 4) is 0 Å². The van der Waals surface area contributed by atoms with Gasteiger partial charge in [-0.3, -0.25) is 9.59 Å². The summed E-state index contributed by atoms with van der Waals surface area (Å²) in [5.74, 6) is -6.72. The predicted octanol–water partition coefficient (Wildman–Crippen LogP) is 5.97. The minimum Gasteiger partial charge on any atom is -0.444 e. The van der Waals surface area contributed by atoms with E-state index >= 15 is 0 Å². The number of hydrogen-bond acceptors (Lipinski definition) is 7. The second kappa shape index (κ2) is 12.9. The van der Waals surface area contributed by atoms with Gasteiger partial charge in [0.1, 0.15) is 5.60 Å². The zero-order valence-corrected chi connectivity index (χ0v) is 26.8. The number of Topliss-reactive ketones (excluding diaryl/α,β-unsaturated/α-hetero) is 1. The van der Waals surface area contributed by atoms with Gasteiger partial charge < -0.3 is 20.5 Å².